The Hall–Kier alpha value is -0.850. The van der Waals surface area contributed by atoms with E-state index in [-0.39, 0.29) is 24.6 Å². The first kappa shape index (κ1) is 16.5. The maximum atomic E-state index is 12.1. The van der Waals surface area contributed by atoms with Crippen LogP contribution in [0, 0.1) is 0 Å². The topological polar surface area (TPSA) is 67.6 Å². The highest BCUT2D eigenvalue weighted by Crippen LogP contribution is 2.25. The van der Waals surface area contributed by atoms with Crippen LogP contribution >= 0.6 is 23.2 Å². The summed E-state index contributed by atoms with van der Waals surface area (Å²) in [5.41, 5.74) is 6.36. The molecule has 0 aromatic heterocycles. The molecule has 1 aliphatic heterocycles. The average Bonchev–Trinajstić information content (AvgIpc) is 2.43. The number of rotatable bonds is 4. The van der Waals surface area contributed by atoms with Crippen LogP contribution in [0.15, 0.2) is 18.2 Å². The molecule has 21 heavy (non-hydrogen) atoms. The number of anilines is 1. The predicted octanol–water partition coefficient (Wildman–Crippen LogP) is 1.98. The Bertz CT molecular complexity index is 511. The Morgan fingerprint density at radius 2 is 2.33 bits per heavy atom. The van der Waals surface area contributed by atoms with E-state index in [2.05, 4.69) is 5.32 Å². The molecule has 2 rings (SSSR count). The van der Waals surface area contributed by atoms with E-state index in [9.17, 15) is 4.79 Å². The highest BCUT2D eigenvalue weighted by molar-refractivity contribution is 6.35. The van der Waals surface area contributed by atoms with Gasteiger partial charge < -0.3 is 15.8 Å². The van der Waals surface area contributed by atoms with E-state index in [0.717, 1.165) is 0 Å². The molecule has 1 fully saturated rings. The van der Waals surface area contributed by atoms with Crippen molar-refractivity contribution < 1.29 is 9.53 Å². The zero-order chi connectivity index (χ0) is 15.4. The second-order valence-electron chi connectivity index (χ2n) is 5.18. The van der Waals surface area contributed by atoms with Crippen molar-refractivity contribution in [2.24, 2.45) is 5.73 Å². The molecule has 1 aliphatic rings. The monoisotopic (exact) mass is 331 g/mol. The maximum absolute atomic E-state index is 12.1. The van der Waals surface area contributed by atoms with E-state index in [1.165, 1.54) is 0 Å². The SMILES string of the molecule is CC(N)C1CN(CC(=O)Nc2cc(Cl)ccc2Cl)CCO1. The third-order valence-electron chi connectivity index (χ3n) is 3.33. The maximum Gasteiger partial charge on any atom is 0.238 e. The van der Waals surface area contributed by atoms with Crippen molar-refractivity contribution >= 4 is 34.8 Å². The number of ether oxygens (including phenoxy) is 1. The van der Waals surface area contributed by atoms with Crippen LogP contribution in [0.4, 0.5) is 5.69 Å². The van der Waals surface area contributed by atoms with Crippen LogP contribution in [0.3, 0.4) is 0 Å². The molecule has 1 aromatic carbocycles. The predicted molar refractivity (Wildman–Crippen MR) is 84.9 cm³/mol. The Labute approximate surface area is 134 Å². The summed E-state index contributed by atoms with van der Waals surface area (Å²) in [4.78, 5) is 14.1. The van der Waals surface area contributed by atoms with Crippen LogP contribution < -0.4 is 11.1 Å². The molecule has 7 heteroatoms. The third-order valence-corrected chi connectivity index (χ3v) is 3.90. The zero-order valence-corrected chi connectivity index (χ0v) is 13.3. The fraction of sp³-hybridized carbons (Fsp3) is 0.500. The summed E-state index contributed by atoms with van der Waals surface area (Å²) >= 11 is 11.9. The number of hydrogen-bond donors (Lipinski definition) is 2. The van der Waals surface area contributed by atoms with Gasteiger partial charge in [0, 0.05) is 24.2 Å². The molecule has 2 atom stereocenters. The van der Waals surface area contributed by atoms with Gasteiger partial charge >= 0.3 is 0 Å². The van der Waals surface area contributed by atoms with Gasteiger partial charge in [0.15, 0.2) is 0 Å². The number of morpholine rings is 1. The van der Waals surface area contributed by atoms with Crippen molar-refractivity contribution in [1.82, 2.24) is 4.90 Å². The van der Waals surface area contributed by atoms with E-state index in [1.807, 2.05) is 11.8 Å². The Morgan fingerprint density at radius 3 is 3.05 bits per heavy atom. The van der Waals surface area contributed by atoms with Crippen LogP contribution in [0.1, 0.15) is 6.92 Å². The second-order valence-corrected chi connectivity index (χ2v) is 6.02. The number of nitrogens with two attached hydrogens (primary N) is 1. The van der Waals surface area contributed by atoms with Crippen LogP contribution in [0.25, 0.3) is 0 Å². The van der Waals surface area contributed by atoms with Gasteiger partial charge in [0.05, 0.1) is 30.0 Å². The number of nitrogens with zero attached hydrogens (tertiary/aromatic N) is 1. The van der Waals surface area contributed by atoms with Crippen molar-refractivity contribution in [2.75, 3.05) is 31.6 Å². The number of halogens is 2. The molecule has 0 bridgehead atoms. The number of carbonyl (C=O) groups excluding carboxylic acids is 1. The van der Waals surface area contributed by atoms with Crippen LogP contribution in [0.5, 0.6) is 0 Å². The molecule has 1 saturated heterocycles. The molecule has 2 unspecified atom stereocenters. The summed E-state index contributed by atoms with van der Waals surface area (Å²) in [6.07, 6.45) is -0.0405. The van der Waals surface area contributed by atoms with Gasteiger partial charge in [-0.15, -0.1) is 0 Å². The smallest absolute Gasteiger partial charge is 0.238 e. The van der Waals surface area contributed by atoms with Gasteiger partial charge in [-0.05, 0) is 25.1 Å². The quantitative estimate of drug-likeness (QED) is 0.885. The Balaban J connectivity index is 1.91. The minimum absolute atomic E-state index is 0.0405. The lowest BCUT2D eigenvalue weighted by Crippen LogP contribution is -2.51. The van der Waals surface area contributed by atoms with Crippen molar-refractivity contribution in [3.05, 3.63) is 28.2 Å². The molecule has 0 radical (unpaired) electrons. The normalized spacial score (nSPS) is 21.0. The summed E-state index contributed by atoms with van der Waals surface area (Å²) < 4.78 is 5.57. The molecule has 3 N–H and O–H groups in total. The van der Waals surface area contributed by atoms with Crippen LogP contribution in [-0.4, -0.2) is 49.2 Å². The van der Waals surface area contributed by atoms with E-state index in [4.69, 9.17) is 33.7 Å². The lowest BCUT2D eigenvalue weighted by molar-refractivity contribution is -0.119. The molecule has 1 aromatic rings. The van der Waals surface area contributed by atoms with Gasteiger partial charge in [-0.2, -0.15) is 0 Å². The van der Waals surface area contributed by atoms with Gasteiger partial charge in [-0.1, -0.05) is 23.2 Å². The number of amides is 1. The molecule has 116 valence electrons. The van der Waals surface area contributed by atoms with E-state index in [0.29, 0.717) is 35.4 Å². The average molecular weight is 332 g/mol. The summed E-state index contributed by atoms with van der Waals surface area (Å²) in [7, 11) is 0. The highest BCUT2D eigenvalue weighted by atomic mass is 35.5. The highest BCUT2D eigenvalue weighted by Gasteiger charge is 2.24. The van der Waals surface area contributed by atoms with Gasteiger partial charge in [-0.3, -0.25) is 9.69 Å². The number of benzene rings is 1. The van der Waals surface area contributed by atoms with Crippen LogP contribution in [0.2, 0.25) is 10.0 Å². The molecule has 0 saturated carbocycles. The lowest BCUT2D eigenvalue weighted by Gasteiger charge is -2.34. The zero-order valence-electron chi connectivity index (χ0n) is 11.8. The first-order chi connectivity index (χ1) is 9.95. The fourth-order valence-corrected chi connectivity index (χ4v) is 2.52. The molecular formula is C14H19Cl2N3O2. The van der Waals surface area contributed by atoms with Crippen molar-refractivity contribution in [2.45, 2.75) is 19.1 Å². The minimum atomic E-state index is -0.135. The number of nitrogens with one attached hydrogen (secondary N) is 1. The fourth-order valence-electron chi connectivity index (χ4n) is 2.18. The van der Waals surface area contributed by atoms with E-state index >= 15 is 0 Å². The lowest BCUT2D eigenvalue weighted by atomic mass is 10.1. The first-order valence-corrected chi connectivity index (χ1v) is 7.55. The molecule has 1 amide bonds. The van der Waals surface area contributed by atoms with E-state index < -0.39 is 0 Å². The van der Waals surface area contributed by atoms with E-state index in [1.54, 1.807) is 18.2 Å². The summed E-state index contributed by atoms with van der Waals surface area (Å²) in [6, 6.07) is 4.90. The Kier molecular flexibility index (Phi) is 5.84. The van der Waals surface area contributed by atoms with Crippen molar-refractivity contribution in [1.29, 1.82) is 0 Å². The number of hydrogen-bond acceptors (Lipinski definition) is 4. The van der Waals surface area contributed by atoms with Gasteiger partial charge in [-0.25, -0.2) is 0 Å². The molecular weight excluding hydrogens is 313 g/mol. The molecule has 1 heterocycles. The second kappa shape index (κ2) is 7.42. The molecule has 5 nitrogen and oxygen atoms in total. The van der Waals surface area contributed by atoms with Gasteiger partial charge in [0.2, 0.25) is 5.91 Å². The summed E-state index contributed by atoms with van der Waals surface area (Å²) in [6.45, 7) is 4.11. The Morgan fingerprint density at radius 1 is 1.57 bits per heavy atom. The standard InChI is InChI=1S/C14H19Cl2N3O2/c1-9(17)13-7-19(4-5-21-13)8-14(20)18-12-6-10(15)2-3-11(12)16/h2-3,6,9,13H,4-5,7-8,17H2,1H3,(H,18,20). The summed E-state index contributed by atoms with van der Waals surface area (Å²) in [5.74, 6) is -0.135. The van der Waals surface area contributed by atoms with Crippen molar-refractivity contribution in [3.8, 4) is 0 Å². The third kappa shape index (κ3) is 4.83. The number of carbonyl (C=O) groups is 1. The minimum Gasteiger partial charge on any atom is -0.374 e. The molecule has 0 spiro atoms. The summed E-state index contributed by atoms with van der Waals surface area (Å²) in [5, 5.41) is 3.76. The van der Waals surface area contributed by atoms with Crippen LogP contribution in [-0.2, 0) is 9.53 Å². The van der Waals surface area contributed by atoms with Gasteiger partial charge in [0.25, 0.3) is 0 Å². The van der Waals surface area contributed by atoms with Crippen molar-refractivity contribution in [3.63, 3.8) is 0 Å². The largest absolute Gasteiger partial charge is 0.374 e. The molecule has 0 aliphatic carbocycles. The van der Waals surface area contributed by atoms with Gasteiger partial charge in [0.1, 0.15) is 0 Å². The first-order valence-electron chi connectivity index (χ1n) is 6.80.